The molecule has 0 saturated heterocycles. The van der Waals surface area contributed by atoms with Crippen LogP contribution in [0.15, 0.2) is 47.4 Å². The van der Waals surface area contributed by atoms with Gasteiger partial charge in [0, 0.05) is 22.4 Å². The first-order valence-electron chi connectivity index (χ1n) is 7.37. The molecule has 0 spiro atoms. The lowest BCUT2D eigenvalue weighted by atomic mass is 10.2. The Kier molecular flexibility index (Phi) is 4.78. The number of nitrogens with one attached hydrogen (secondary N) is 1. The maximum Gasteiger partial charge on any atom is 0.326 e. The number of halogens is 2. The molecule has 6 heteroatoms. The number of thioether (sulfide) groups is 1. The monoisotopic (exact) mass is 350 g/mol. The van der Waals surface area contributed by atoms with Crippen molar-refractivity contribution < 1.29 is 9.18 Å². The van der Waals surface area contributed by atoms with E-state index in [0.29, 0.717) is 17.5 Å². The Morgan fingerprint density at radius 1 is 1.39 bits per heavy atom. The fourth-order valence-electron chi connectivity index (χ4n) is 2.47. The van der Waals surface area contributed by atoms with Crippen molar-refractivity contribution >= 4 is 40.8 Å². The third kappa shape index (κ3) is 3.46. The summed E-state index contributed by atoms with van der Waals surface area (Å²) in [6.07, 6.45) is 0.977. The first-order valence-corrected chi connectivity index (χ1v) is 8.63. The molecule has 1 unspecified atom stereocenters. The van der Waals surface area contributed by atoms with Gasteiger partial charge in [0.1, 0.15) is 5.82 Å². The van der Waals surface area contributed by atoms with Gasteiger partial charge in [-0.05, 0) is 36.8 Å². The van der Waals surface area contributed by atoms with Crippen LogP contribution in [0.5, 0.6) is 0 Å². The van der Waals surface area contributed by atoms with Crippen molar-refractivity contribution in [2.75, 3.05) is 16.8 Å². The van der Waals surface area contributed by atoms with Crippen molar-refractivity contribution in [3.05, 3.63) is 53.3 Å². The Balaban J connectivity index is 1.84. The molecule has 23 heavy (non-hydrogen) atoms. The van der Waals surface area contributed by atoms with Crippen LogP contribution < -0.4 is 10.2 Å². The first-order chi connectivity index (χ1) is 11.1. The number of carbonyl (C=O) groups excluding carboxylic acids is 1. The molecule has 3 nitrogen and oxygen atoms in total. The highest BCUT2D eigenvalue weighted by Crippen LogP contribution is 2.39. The Morgan fingerprint density at radius 2 is 2.17 bits per heavy atom. The summed E-state index contributed by atoms with van der Waals surface area (Å²) < 4.78 is 13.2. The van der Waals surface area contributed by atoms with Gasteiger partial charge in [0.25, 0.3) is 0 Å². The minimum absolute atomic E-state index is 0.0103. The number of fused-ring (bicyclic) bond motifs is 1. The number of para-hydroxylation sites is 1. The minimum atomic E-state index is -0.504. The summed E-state index contributed by atoms with van der Waals surface area (Å²) in [4.78, 5) is 15.5. The molecule has 1 aliphatic rings. The van der Waals surface area contributed by atoms with Crippen molar-refractivity contribution in [2.24, 2.45) is 0 Å². The lowest BCUT2D eigenvalue weighted by Gasteiger charge is -2.33. The number of nitrogens with zero attached hydrogens (tertiary/aromatic N) is 1. The maximum absolute atomic E-state index is 13.2. The predicted octanol–water partition coefficient (Wildman–Crippen LogP) is 5.40. The highest BCUT2D eigenvalue weighted by atomic mass is 35.5. The van der Waals surface area contributed by atoms with Crippen LogP contribution in [0.25, 0.3) is 0 Å². The molecule has 1 aliphatic heterocycles. The molecule has 0 aliphatic carbocycles. The van der Waals surface area contributed by atoms with Gasteiger partial charge in [0.2, 0.25) is 0 Å². The molecule has 1 heterocycles. The van der Waals surface area contributed by atoms with Crippen LogP contribution in [0, 0.1) is 5.82 Å². The summed E-state index contributed by atoms with van der Waals surface area (Å²) in [6, 6.07) is 11.8. The van der Waals surface area contributed by atoms with Gasteiger partial charge in [-0.15, -0.1) is 11.8 Å². The minimum Gasteiger partial charge on any atom is -0.307 e. The summed E-state index contributed by atoms with van der Waals surface area (Å²) in [6.45, 7) is 2.75. The van der Waals surface area contributed by atoms with E-state index in [9.17, 15) is 9.18 Å². The Morgan fingerprint density at radius 3 is 2.91 bits per heavy atom. The normalized spacial score (nSPS) is 16.8. The van der Waals surface area contributed by atoms with E-state index in [1.807, 2.05) is 24.3 Å². The smallest absolute Gasteiger partial charge is 0.307 e. The number of urea groups is 1. The van der Waals surface area contributed by atoms with Gasteiger partial charge in [0.05, 0.1) is 10.7 Å². The molecular formula is C17H16ClFN2OS. The van der Waals surface area contributed by atoms with Gasteiger partial charge in [0.15, 0.2) is 0 Å². The fraction of sp³-hybridized carbons (Fsp3) is 0.235. The maximum atomic E-state index is 13.2. The summed E-state index contributed by atoms with van der Waals surface area (Å²) in [7, 11) is 0. The number of hydrogen-bond donors (Lipinski definition) is 1. The zero-order chi connectivity index (χ0) is 16.4. The molecular weight excluding hydrogens is 335 g/mol. The number of amides is 2. The highest BCUT2D eigenvalue weighted by Gasteiger charge is 2.28. The molecule has 0 fully saturated rings. The quantitative estimate of drug-likeness (QED) is 0.786. The Labute approximate surface area is 143 Å². The van der Waals surface area contributed by atoms with Gasteiger partial charge in [-0.2, -0.15) is 0 Å². The Hall–Kier alpha value is -1.72. The van der Waals surface area contributed by atoms with Crippen LogP contribution in [0.2, 0.25) is 5.02 Å². The molecule has 120 valence electrons. The molecule has 2 aromatic rings. The highest BCUT2D eigenvalue weighted by molar-refractivity contribution is 8.00. The first kappa shape index (κ1) is 16.1. The van der Waals surface area contributed by atoms with Crippen LogP contribution in [-0.2, 0) is 0 Å². The van der Waals surface area contributed by atoms with Crippen molar-refractivity contribution in [3.8, 4) is 0 Å². The van der Waals surface area contributed by atoms with Crippen molar-refractivity contribution in [1.29, 1.82) is 0 Å². The second-order valence-electron chi connectivity index (χ2n) is 5.29. The molecule has 0 aromatic heterocycles. The number of anilines is 2. The molecule has 2 amide bonds. The van der Waals surface area contributed by atoms with Crippen molar-refractivity contribution in [2.45, 2.75) is 23.5 Å². The third-order valence-corrected chi connectivity index (χ3v) is 5.41. The standard InChI is InChI=1S/C17H16ClFN2OS/c1-2-12-10-21(15-5-3-4-6-16(15)23-12)17(22)20-11-7-8-14(19)13(18)9-11/h3-9,12H,2,10H2,1H3,(H,20,22). The molecule has 1 N–H and O–H groups in total. The van der Waals surface area contributed by atoms with Crippen LogP contribution >= 0.6 is 23.4 Å². The summed E-state index contributed by atoms with van der Waals surface area (Å²) in [5.74, 6) is -0.504. The summed E-state index contributed by atoms with van der Waals surface area (Å²) >= 11 is 7.56. The molecule has 0 saturated carbocycles. The van der Waals surface area contributed by atoms with Gasteiger partial charge in [-0.1, -0.05) is 30.7 Å². The van der Waals surface area contributed by atoms with Gasteiger partial charge in [-0.25, -0.2) is 9.18 Å². The van der Waals surface area contributed by atoms with Crippen LogP contribution in [0.1, 0.15) is 13.3 Å². The lowest BCUT2D eigenvalue weighted by molar-refractivity contribution is 0.256. The average Bonchev–Trinajstić information content (AvgIpc) is 2.57. The number of hydrogen-bond acceptors (Lipinski definition) is 2. The van der Waals surface area contributed by atoms with E-state index in [1.54, 1.807) is 16.7 Å². The largest absolute Gasteiger partial charge is 0.326 e. The third-order valence-electron chi connectivity index (χ3n) is 3.71. The van der Waals surface area contributed by atoms with Gasteiger partial charge in [-0.3, -0.25) is 4.90 Å². The van der Waals surface area contributed by atoms with E-state index in [2.05, 4.69) is 12.2 Å². The number of benzene rings is 2. The predicted molar refractivity (Wildman–Crippen MR) is 94.2 cm³/mol. The Bertz CT molecular complexity index is 740. The molecule has 0 bridgehead atoms. The topological polar surface area (TPSA) is 32.3 Å². The van der Waals surface area contributed by atoms with E-state index in [0.717, 1.165) is 17.0 Å². The zero-order valence-corrected chi connectivity index (χ0v) is 14.1. The van der Waals surface area contributed by atoms with Crippen LogP contribution in [0.4, 0.5) is 20.6 Å². The van der Waals surface area contributed by atoms with E-state index in [1.165, 1.54) is 18.2 Å². The van der Waals surface area contributed by atoms with E-state index in [-0.39, 0.29) is 11.1 Å². The van der Waals surface area contributed by atoms with E-state index < -0.39 is 5.82 Å². The summed E-state index contributed by atoms with van der Waals surface area (Å²) in [5.41, 5.74) is 1.37. The summed E-state index contributed by atoms with van der Waals surface area (Å²) in [5, 5.41) is 3.14. The molecule has 3 rings (SSSR count). The number of rotatable bonds is 2. The van der Waals surface area contributed by atoms with Crippen molar-refractivity contribution in [1.82, 2.24) is 0 Å². The SMILES string of the molecule is CCC1CN(C(=O)Nc2ccc(F)c(Cl)c2)c2ccccc2S1. The van der Waals surface area contributed by atoms with Gasteiger partial charge < -0.3 is 5.32 Å². The zero-order valence-electron chi connectivity index (χ0n) is 12.6. The second-order valence-corrected chi connectivity index (χ2v) is 7.03. The van der Waals surface area contributed by atoms with Crippen LogP contribution in [-0.4, -0.2) is 17.8 Å². The van der Waals surface area contributed by atoms with Crippen LogP contribution in [0.3, 0.4) is 0 Å². The lowest BCUT2D eigenvalue weighted by Crippen LogP contribution is -2.41. The van der Waals surface area contributed by atoms with Crippen molar-refractivity contribution in [3.63, 3.8) is 0 Å². The molecule has 1 atom stereocenters. The van der Waals surface area contributed by atoms with E-state index in [4.69, 9.17) is 11.6 Å². The number of carbonyl (C=O) groups is 1. The molecule has 2 aromatic carbocycles. The molecule has 0 radical (unpaired) electrons. The second kappa shape index (κ2) is 6.81. The van der Waals surface area contributed by atoms with Gasteiger partial charge >= 0.3 is 6.03 Å². The average molecular weight is 351 g/mol. The van der Waals surface area contributed by atoms with E-state index >= 15 is 0 Å². The fourth-order valence-corrected chi connectivity index (χ4v) is 3.85.